The lowest BCUT2D eigenvalue weighted by atomic mass is 9.96. The molecule has 3 aliphatic rings. The summed E-state index contributed by atoms with van der Waals surface area (Å²) in [5.41, 5.74) is 4.03. The number of hydrogen-bond acceptors (Lipinski definition) is 5. The third-order valence-corrected chi connectivity index (χ3v) is 6.44. The summed E-state index contributed by atoms with van der Waals surface area (Å²) in [5.74, 6) is -0.320. The maximum Gasteiger partial charge on any atom is 0.277 e. The Kier molecular flexibility index (Phi) is 5.74. The van der Waals surface area contributed by atoms with E-state index < -0.39 is 0 Å². The number of imide groups is 1. The van der Waals surface area contributed by atoms with E-state index in [9.17, 15) is 14.7 Å². The molecular formula is C23H30N2O4. The van der Waals surface area contributed by atoms with E-state index in [1.54, 1.807) is 0 Å². The molecule has 1 aromatic carbocycles. The molecule has 0 radical (unpaired) electrons. The second kappa shape index (κ2) is 8.28. The zero-order valence-electron chi connectivity index (χ0n) is 17.3. The molecule has 6 nitrogen and oxygen atoms in total. The third kappa shape index (κ3) is 3.83. The Balaban J connectivity index is 1.72. The van der Waals surface area contributed by atoms with Crippen molar-refractivity contribution in [2.75, 3.05) is 32.8 Å². The monoisotopic (exact) mass is 398 g/mol. The summed E-state index contributed by atoms with van der Waals surface area (Å²) < 4.78 is 5.69. The van der Waals surface area contributed by atoms with E-state index >= 15 is 0 Å². The Morgan fingerprint density at radius 2 is 1.93 bits per heavy atom. The molecule has 2 saturated heterocycles. The molecule has 0 spiro atoms. The van der Waals surface area contributed by atoms with Crippen molar-refractivity contribution in [3.8, 4) is 0 Å². The average molecular weight is 399 g/mol. The quantitative estimate of drug-likeness (QED) is 0.771. The summed E-state index contributed by atoms with van der Waals surface area (Å²) in [4.78, 5) is 30.2. The number of carbonyl (C=O) groups excluding carboxylic acids is 2. The van der Waals surface area contributed by atoms with Gasteiger partial charge in [0.1, 0.15) is 5.70 Å². The van der Waals surface area contributed by atoms with Crippen molar-refractivity contribution in [2.45, 2.75) is 45.6 Å². The number of amides is 2. The molecule has 0 aromatic heterocycles. The van der Waals surface area contributed by atoms with Crippen LogP contribution in [0.2, 0.25) is 0 Å². The smallest absolute Gasteiger partial charge is 0.277 e. The van der Waals surface area contributed by atoms with Gasteiger partial charge in [0.15, 0.2) is 0 Å². The molecule has 0 saturated carbocycles. The van der Waals surface area contributed by atoms with Crippen LogP contribution in [0.25, 0.3) is 5.57 Å². The first-order chi connectivity index (χ1) is 14.0. The van der Waals surface area contributed by atoms with Gasteiger partial charge in [-0.2, -0.15) is 0 Å². The molecule has 2 amide bonds. The Morgan fingerprint density at radius 1 is 1.10 bits per heavy atom. The molecule has 6 heteroatoms. The Hall–Kier alpha value is -2.18. The fourth-order valence-electron chi connectivity index (χ4n) is 4.59. The number of benzene rings is 1. The number of nitrogens with zero attached hydrogens (tertiary/aromatic N) is 2. The van der Waals surface area contributed by atoms with Crippen molar-refractivity contribution < 1.29 is 19.4 Å². The molecule has 1 aromatic rings. The first-order valence-electron chi connectivity index (χ1n) is 10.6. The van der Waals surface area contributed by atoms with Crippen molar-refractivity contribution in [1.82, 2.24) is 9.80 Å². The van der Waals surface area contributed by atoms with Gasteiger partial charge < -0.3 is 14.7 Å². The van der Waals surface area contributed by atoms with Crippen LogP contribution in [0.5, 0.6) is 0 Å². The molecule has 2 atom stereocenters. The minimum absolute atomic E-state index is 0.0743. The zero-order chi connectivity index (χ0) is 20.5. The second-order valence-electron chi connectivity index (χ2n) is 8.52. The summed E-state index contributed by atoms with van der Waals surface area (Å²) >= 11 is 0. The number of piperidine rings is 1. The lowest BCUT2D eigenvalue weighted by Crippen LogP contribution is -2.42. The van der Waals surface area contributed by atoms with E-state index in [0.717, 1.165) is 48.9 Å². The van der Waals surface area contributed by atoms with Crippen molar-refractivity contribution >= 4 is 17.4 Å². The summed E-state index contributed by atoms with van der Waals surface area (Å²) in [5, 5.41) is 9.64. The van der Waals surface area contributed by atoms with Crippen LogP contribution in [-0.4, -0.2) is 65.7 Å². The highest BCUT2D eigenvalue weighted by molar-refractivity contribution is 6.35. The molecule has 2 fully saturated rings. The van der Waals surface area contributed by atoms with E-state index in [1.807, 2.05) is 36.9 Å². The Bertz CT molecular complexity index is 841. The van der Waals surface area contributed by atoms with Crippen LogP contribution < -0.4 is 0 Å². The van der Waals surface area contributed by atoms with Crippen molar-refractivity contribution in [1.29, 1.82) is 0 Å². The molecular weight excluding hydrogens is 368 g/mol. The number of likely N-dealkylation sites (tertiary alicyclic amines) is 1. The molecule has 156 valence electrons. The highest BCUT2D eigenvalue weighted by Crippen LogP contribution is 2.35. The number of aliphatic hydroxyl groups is 1. The molecule has 0 bridgehead atoms. The van der Waals surface area contributed by atoms with Crippen molar-refractivity contribution in [3.05, 3.63) is 40.6 Å². The lowest BCUT2D eigenvalue weighted by Gasteiger charge is -2.34. The van der Waals surface area contributed by atoms with E-state index in [0.29, 0.717) is 31.0 Å². The standard InChI is InChI=1S/C23H30N2O4/c1-15-7-8-18(11-16(15)2)20-21(24-9-3-5-17(12-24)14-26)23(28)25(22(20)27)13-19-6-4-10-29-19/h7-8,11,17,19,26H,3-6,9-10,12-14H2,1-2H3. The summed E-state index contributed by atoms with van der Waals surface area (Å²) in [6, 6.07) is 5.94. The predicted octanol–water partition coefficient (Wildman–Crippen LogP) is 2.27. The van der Waals surface area contributed by atoms with Crippen LogP contribution in [0, 0.1) is 19.8 Å². The minimum atomic E-state index is -0.227. The lowest BCUT2D eigenvalue weighted by molar-refractivity contribution is -0.139. The number of aliphatic hydroxyl groups excluding tert-OH is 1. The van der Waals surface area contributed by atoms with Crippen LogP contribution in [0.1, 0.15) is 42.4 Å². The highest BCUT2D eigenvalue weighted by Gasteiger charge is 2.43. The highest BCUT2D eigenvalue weighted by atomic mass is 16.5. The van der Waals surface area contributed by atoms with E-state index in [4.69, 9.17) is 4.74 Å². The van der Waals surface area contributed by atoms with Gasteiger partial charge in [-0.3, -0.25) is 14.5 Å². The molecule has 4 rings (SSSR count). The van der Waals surface area contributed by atoms with Gasteiger partial charge in [0.05, 0.1) is 18.2 Å². The van der Waals surface area contributed by atoms with Crippen LogP contribution >= 0.6 is 0 Å². The molecule has 1 N–H and O–H groups in total. The van der Waals surface area contributed by atoms with E-state index in [2.05, 4.69) is 0 Å². The van der Waals surface area contributed by atoms with Gasteiger partial charge in [-0.25, -0.2) is 0 Å². The first-order valence-corrected chi connectivity index (χ1v) is 10.6. The van der Waals surface area contributed by atoms with Crippen LogP contribution in [0.15, 0.2) is 23.9 Å². The third-order valence-electron chi connectivity index (χ3n) is 6.44. The molecule has 0 aliphatic carbocycles. The minimum Gasteiger partial charge on any atom is -0.396 e. The Labute approximate surface area is 172 Å². The van der Waals surface area contributed by atoms with Gasteiger partial charge >= 0.3 is 0 Å². The second-order valence-corrected chi connectivity index (χ2v) is 8.52. The predicted molar refractivity (Wildman–Crippen MR) is 110 cm³/mol. The fraction of sp³-hybridized carbons (Fsp3) is 0.565. The molecule has 29 heavy (non-hydrogen) atoms. The van der Waals surface area contributed by atoms with Crippen LogP contribution in [0.4, 0.5) is 0 Å². The maximum atomic E-state index is 13.4. The summed E-state index contributed by atoms with van der Waals surface area (Å²) in [6.07, 6.45) is 3.62. The fourth-order valence-corrected chi connectivity index (χ4v) is 4.59. The van der Waals surface area contributed by atoms with E-state index in [1.165, 1.54) is 4.90 Å². The average Bonchev–Trinajstić information content (AvgIpc) is 3.32. The van der Waals surface area contributed by atoms with Gasteiger partial charge in [-0.1, -0.05) is 18.2 Å². The molecule has 3 aliphatic heterocycles. The van der Waals surface area contributed by atoms with Gasteiger partial charge in [0.25, 0.3) is 11.8 Å². The van der Waals surface area contributed by atoms with Gasteiger partial charge in [0, 0.05) is 26.3 Å². The first kappa shape index (κ1) is 20.1. The number of carbonyl (C=O) groups is 2. The number of ether oxygens (including phenoxy) is 1. The van der Waals surface area contributed by atoms with Crippen molar-refractivity contribution in [3.63, 3.8) is 0 Å². The van der Waals surface area contributed by atoms with Gasteiger partial charge in [0.2, 0.25) is 0 Å². The Morgan fingerprint density at radius 3 is 2.62 bits per heavy atom. The normalized spacial score (nSPS) is 25.5. The topological polar surface area (TPSA) is 70.1 Å². The zero-order valence-corrected chi connectivity index (χ0v) is 17.3. The van der Waals surface area contributed by atoms with Crippen LogP contribution in [-0.2, 0) is 14.3 Å². The van der Waals surface area contributed by atoms with Crippen LogP contribution in [0.3, 0.4) is 0 Å². The SMILES string of the molecule is Cc1ccc(C2=C(N3CCCC(CO)C3)C(=O)N(CC3CCCO3)C2=O)cc1C. The summed E-state index contributed by atoms with van der Waals surface area (Å²) in [7, 11) is 0. The maximum absolute atomic E-state index is 13.4. The number of hydrogen-bond donors (Lipinski definition) is 1. The largest absolute Gasteiger partial charge is 0.396 e. The summed E-state index contributed by atoms with van der Waals surface area (Å²) in [6.45, 7) is 6.50. The van der Waals surface area contributed by atoms with Gasteiger partial charge in [-0.15, -0.1) is 0 Å². The number of aryl methyl sites for hydroxylation is 2. The molecule has 2 unspecified atom stereocenters. The van der Waals surface area contributed by atoms with E-state index in [-0.39, 0.29) is 30.4 Å². The van der Waals surface area contributed by atoms with Crippen molar-refractivity contribution in [2.24, 2.45) is 5.92 Å². The molecule has 3 heterocycles. The van der Waals surface area contributed by atoms with Gasteiger partial charge in [-0.05, 0) is 62.1 Å². The number of rotatable bonds is 5.